The van der Waals surface area contributed by atoms with Gasteiger partial charge >= 0.3 is 0 Å². The van der Waals surface area contributed by atoms with Crippen LogP contribution in [0.4, 0.5) is 0 Å². The van der Waals surface area contributed by atoms with E-state index in [0.717, 1.165) is 34.2 Å². The van der Waals surface area contributed by atoms with Gasteiger partial charge in [0.05, 0.1) is 18.4 Å². The van der Waals surface area contributed by atoms with Gasteiger partial charge in [-0.2, -0.15) is 11.8 Å². The SMILES string of the molecule is C=N/C=C\C(=N/CNC1CCSC1)C1=CC(=C)N(C(CC)c2cccc(Cl)c2)C=C1. The Morgan fingerprint density at radius 1 is 1.47 bits per heavy atom. The predicted molar refractivity (Wildman–Crippen MR) is 133 cm³/mol. The van der Waals surface area contributed by atoms with Crippen molar-refractivity contribution in [3.63, 3.8) is 0 Å². The lowest BCUT2D eigenvalue weighted by Gasteiger charge is -2.33. The molecule has 1 N–H and O–H groups in total. The number of nitrogens with zero attached hydrogens (tertiary/aromatic N) is 3. The van der Waals surface area contributed by atoms with Gasteiger partial charge in [-0.05, 0) is 61.2 Å². The first-order valence-corrected chi connectivity index (χ1v) is 11.8. The maximum atomic E-state index is 6.21. The summed E-state index contributed by atoms with van der Waals surface area (Å²) in [7, 11) is 0. The second-order valence-corrected chi connectivity index (χ2v) is 8.84. The molecule has 0 bridgehead atoms. The van der Waals surface area contributed by atoms with Crippen molar-refractivity contribution >= 4 is 35.8 Å². The van der Waals surface area contributed by atoms with Crippen LogP contribution in [0.15, 0.2) is 82.7 Å². The molecule has 0 aromatic heterocycles. The molecule has 0 saturated carbocycles. The summed E-state index contributed by atoms with van der Waals surface area (Å²) >= 11 is 8.21. The van der Waals surface area contributed by atoms with Gasteiger partial charge in [-0.3, -0.25) is 15.3 Å². The van der Waals surface area contributed by atoms with E-state index >= 15 is 0 Å². The molecule has 0 amide bonds. The first-order valence-electron chi connectivity index (χ1n) is 10.2. The molecule has 0 aliphatic carbocycles. The summed E-state index contributed by atoms with van der Waals surface area (Å²) in [4.78, 5) is 10.8. The Hall–Kier alpha value is -2.08. The molecular formula is C24H29ClN4S. The quantitative estimate of drug-likeness (QED) is 0.495. The Morgan fingerprint density at radius 3 is 3.00 bits per heavy atom. The molecule has 2 unspecified atom stereocenters. The topological polar surface area (TPSA) is 40.0 Å². The third-order valence-corrected chi connectivity index (χ3v) is 6.61. The van der Waals surface area contributed by atoms with E-state index in [1.165, 1.54) is 17.7 Å². The number of aliphatic imine (C=N–C) groups is 2. The van der Waals surface area contributed by atoms with Gasteiger partial charge in [0.2, 0.25) is 0 Å². The lowest BCUT2D eigenvalue weighted by atomic mass is 9.99. The van der Waals surface area contributed by atoms with Crippen molar-refractivity contribution in [1.82, 2.24) is 10.2 Å². The van der Waals surface area contributed by atoms with Gasteiger partial charge in [0, 0.05) is 40.5 Å². The Bertz CT molecular complexity index is 881. The van der Waals surface area contributed by atoms with E-state index in [2.05, 4.69) is 59.8 Å². The standard InChI is InChI=1S/C24H29ClN4S/c1-4-24(20-6-5-7-21(25)15-20)29-12-9-19(14-18(29)2)23(8-11-26-3)28-17-27-22-10-13-30-16-22/h5-9,11-12,14-15,22,24,27H,2-4,10,13,16-17H2,1H3/b11-8-,28-23+. The number of nitrogens with one attached hydrogen (secondary N) is 1. The summed E-state index contributed by atoms with van der Waals surface area (Å²) in [5.41, 5.74) is 3.98. The monoisotopic (exact) mass is 440 g/mol. The van der Waals surface area contributed by atoms with E-state index in [-0.39, 0.29) is 6.04 Å². The smallest absolute Gasteiger partial charge is 0.0894 e. The van der Waals surface area contributed by atoms with Crippen LogP contribution in [0.2, 0.25) is 5.02 Å². The van der Waals surface area contributed by atoms with Crippen LogP contribution in [0.5, 0.6) is 0 Å². The van der Waals surface area contributed by atoms with Crippen molar-refractivity contribution in [2.75, 3.05) is 18.2 Å². The maximum absolute atomic E-state index is 6.21. The molecule has 1 fully saturated rings. The van der Waals surface area contributed by atoms with Gasteiger partial charge < -0.3 is 4.90 Å². The molecule has 30 heavy (non-hydrogen) atoms. The van der Waals surface area contributed by atoms with Gasteiger partial charge in [-0.25, -0.2) is 0 Å². The number of halogens is 1. The highest BCUT2D eigenvalue weighted by molar-refractivity contribution is 7.99. The van der Waals surface area contributed by atoms with Crippen LogP contribution in [0.25, 0.3) is 0 Å². The van der Waals surface area contributed by atoms with Gasteiger partial charge in [-0.15, -0.1) is 0 Å². The van der Waals surface area contributed by atoms with Crippen molar-refractivity contribution in [2.24, 2.45) is 9.98 Å². The van der Waals surface area contributed by atoms with Crippen LogP contribution >= 0.6 is 23.4 Å². The number of benzene rings is 1. The zero-order valence-electron chi connectivity index (χ0n) is 17.4. The molecule has 2 aliphatic rings. The molecule has 1 aromatic carbocycles. The van der Waals surface area contributed by atoms with Crippen molar-refractivity contribution in [2.45, 2.75) is 31.8 Å². The van der Waals surface area contributed by atoms with E-state index < -0.39 is 0 Å². The number of rotatable bonds is 9. The van der Waals surface area contributed by atoms with Gasteiger partial charge in [0.15, 0.2) is 0 Å². The third-order valence-electron chi connectivity index (χ3n) is 5.22. The zero-order chi connectivity index (χ0) is 21.3. The summed E-state index contributed by atoms with van der Waals surface area (Å²) in [6.45, 7) is 10.6. The number of thioether (sulfide) groups is 1. The minimum atomic E-state index is 0.178. The first-order chi connectivity index (χ1) is 14.6. The largest absolute Gasteiger partial charge is 0.341 e. The Kier molecular flexibility index (Phi) is 8.55. The minimum Gasteiger partial charge on any atom is -0.341 e. The van der Waals surface area contributed by atoms with E-state index in [0.29, 0.717) is 12.7 Å². The number of allylic oxidation sites excluding steroid dienone is 4. The summed E-state index contributed by atoms with van der Waals surface area (Å²) in [6, 6.07) is 8.75. The van der Waals surface area contributed by atoms with Crippen LogP contribution in [0.3, 0.4) is 0 Å². The van der Waals surface area contributed by atoms with E-state index in [9.17, 15) is 0 Å². The van der Waals surface area contributed by atoms with Crippen LogP contribution in [-0.2, 0) is 0 Å². The molecule has 158 valence electrons. The average Bonchev–Trinajstić information content (AvgIpc) is 3.26. The number of hydrogen-bond acceptors (Lipinski definition) is 5. The van der Waals surface area contributed by atoms with E-state index in [1.54, 1.807) is 6.20 Å². The second-order valence-electron chi connectivity index (χ2n) is 7.26. The van der Waals surface area contributed by atoms with Crippen LogP contribution in [0.1, 0.15) is 31.4 Å². The lowest BCUT2D eigenvalue weighted by Crippen LogP contribution is -2.29. The Labute approximate surface area is 189 Å². The molecule has 2 aliphatic heterocycles. The van der Waals surface area contributed by atoms with Crippen molar-refractivity contribution < 1.29 is 0 Å². The molecule has 3 rings (SSSR count). The zero-order valence-corrected chi connectivity index (χ0v) is 19.0. The highest BCUT2D eigenvalue weighted by Gasteiger charge is 2.21. The summed E-state index contributed by atoms with van der Waals surface area (Å²) < 4.78 is 0. The molecule has 0 radical (unpaired) electrons. The predicted octanol–water partition coefficient (Wildman–Crippen LogP) is 5.77. The maximum Gasteiger partial charge on any atom is 0.0894 e. The van der Waals surface area contributed by atoms with Crippen LogP contribution in [0, 0.1) is 0 Å². The second kappa shape index (κ2) is 11.3. The molecule has 2 atom stereocenters. The molecular weight excluding hydrogens is 412 g/mol. The fourth-order valence-electron chi connectivity index (χ4n) is 3.65. The van der Waals surface area contributed by atoms with Crippen molar-refractivity contribution in [1.29, 1.82) is 0 Å². The van der Waals surface area contributed by atoms with Crippen molar-refractivity contribution in [3.05, 3.63) is 83.3 Å². The van der Waals surface area contributed by atoms with Crippen molar-refractivity contribution in [3.8, 4) is 0 Å². The van der Waals surface area contributed by atoms with E-state index in [1.807, 2.05) is 36.0 Å². The fourth-order valence-corrected chi connectivity index (χ4v) is 5.03. The fraction of sp³-hybridized carbons (Fsp3) is 0.333. The van der Waals surface area contributed by atoms with Gasteiger partial charge in [0.25, 0.3) is 0 Å². The summed E-state index contributed by atoms with van der Waals surface area (Å²) in [6.07, 6.45) is 12.0. The molecule has 1 saturated heterocycles. The average molecular weight is 441 g/mol. The van der Waals surface area contributed by atoms with Gasteiger partial charge in [-0.1, -0.05) is 37.2 Å². The van der Waals surface area contributed by atoms with Gasteiger partial charge in [0.1, 0.15) is 0 Å². The first kappa shape index (κ1) is 22.6. The molecule has 0 spiro atoms. The summed E-state index contributed by atoms with van der Waals surface area (Å²) in [5.74, 6) is 2.38. The third kappa shape index (κ3) is 5.97. The normalized spacial score (nSPS) is 20.7. The molecule has 6 heteroatoms. The Morgan fingerprint density at radius 2 is 2.33 bits per heavy atom. The minimum absolute atomic E-state index is 0.178. The van der Waals surface area contributed by atoms with E-state index in [4.69, 9.17) is 16.6 Å². The Balaban J connectivity index is 1.75. The molecule has 4 nitrogen and oxygen atoms in total. The summed E-state index contributed by atoms with van der Waals surface area (Å²) in [5, 5.41) is 4.27. The van der Waals surface area contributed by atoms with Crippen LogP contribution in [-0.4, -0.2) is 41.5 Å². The molecule has 2 heterocycles. The lowest BCUT2D eigenvalue weighted by molar-refractivity contribution is 0.344. The molecule has 1 aromatic rings. The number of hydrogen-bond donors (Lipinski definition) is 1. The highest BCUT2D eigenvalue weighted by atomic mass is 35.5. The van der Waals surface area contributed by atoms with Crippen LogP contribution < -0.4 is 5.32 Å². The highest BCUT2D eigenvalue weighted by Crippen LogP contribution is 2.32.